The van der Waals surface area contributed by atoms with E-state index in [-0.39, 0.29) is 5.69 Å². The van der Waals surface area contributed by atoms with Crippen molar-refractivity contribution in [2.24, 2.45) is 0 Å². The highest BCUT2D eigenvalue weighted by Crippen LogP contribution is 2.48. The highest BCUT2D eigenvalue weighted by atomic mass is 19.4. The number of aliphatic hydroxyl groups excluding tert-OH is 1. The summed E-state index contributed by atoms with van der Waals surface area (Å²) in [5.74, 6) is -0.887. The Morgan fingerprint density at radius 1 is 1.42 bits per heavy atom. The summed E-state index contributed by atoms with van der Waals surface area (Å²) in [6.07, 6.45) is -6.39. The molecule has 0 amide bonds. The molecule has 0 bridgehead atoms. The maximum Gasteiger partial charge on any atom is 0.423 e. The summed E-state index contributed by atoms with van der Waals surface area (Å²) in [5.41, 5.74) is -3.88. The Hall–Kier alpha value is -1.38. The second-order valence-corrected chi connectivity index (χ2v) is 4.31. The first-order chi connectivity index (χ1) is 8.70. The van der Waals surface area contributed by atoms with Gasteiger partial charge in [-0.05, 0) is 25.2 Å². The quantitative estimate of drug-likeness (QED) is 0.556. The number of hydrogen-bond acceptors (Lipinski definition) is 4. The third kappa shape index (κ3) is 2.05. The standard InChI is InChI=1S/C11H12F4N2O2/c1-16-9(18)17-5-10(19,11(13,14)15)7-4-6(12)2-3-8(7)17/h2-4,9,16,18-19H,5H2,1H3/t9?,10-/m1/s1. The molecule has 19 heavy (non-hydrogen) atoms. The first kappa shape index (κ1) is 14.0. The second kappa shape index (κ2) is 4.32. The van der Waals surface area contributed by atoms with Gasteiger partial charge in [-0.3, -0.25) is 5.32 Å². The molecular weight excluding hydrogens is 268 g/mol. The Morgan fingerprint density at radius 2 is 2.05 bits per heavy atom. The van der Waals surface area contributed by atoms with Crippen molar-refractivity contribution in [3.8, 4) is 0 Å². The minimum atomic E-state index is -4.97. The van der Waals surface area contributed by atoms with Gasteiger partial charge in [-0.1, -0.05) is 0 Å². The molecule has 2 rings (SSSR count). The summed E-state index contributed by atoms with van der Waals surface area (Å²) in [4.78, 5) is 0.919. The van der Waals surface area contributed by atoms with Crippen LogP contribution in [0.2, 0.25) is 0 Å². The second-order valence-electron chi connectivity index (χ2n) is 4.31. The smallest absolute Gasteiger partial charge is 0.375 e. The van der Waals surface area contributed by atoms with Gasteiger partial charge in [0.05, 0.1) is 6.54 Å². The highest BCUT2D eigenvalue weighted by Gasteiger charge is 2.61. The normalized spacial score (nSPS) is 24.5. The first-order valence-electron chi connectivity index (χ1n) is 5.42. The molecule has 8 heteroatoms. The summed E-state index contributed by atoms with van der Waals surface area (Å²) >= 11 is 0. The van der Waals surface area contributed by atoms with Gasteiger partial charge in [0.15, 0.2) is 6.35 Å². The van der Waals surface area contributed by atoms with Gasteiger partial charge in [0, 0.05) is 11.3 Å². The van der Waals surface area contributed by atoms with E-state index in [9.17, 15) is 27.8 Å². The molecule has 1 aliphatic heterocycles. The monoisotopic (exact) mass is 280 g/mol. The largest absolute Gasteiger partial charge is 0.423 e. The van der Waals surface area contributed by atoms with Crippen LogP contribution in [-0.2, 0) is 5.60 Å². The van der Waals surface area contributed by atoms with Gasteiger partial charge in [0.25, 0.3) is 0 Å². The topological polar surface area (TPSA) is 55.7 Å². The number of fused-ring (bicyclic) bond motifs is 1. The van der Waals surface area contributed by atoms with Crippen molar-refractivity contribution < 1.29 is 27.8 Å². The van der Waals surface area contributed by atoms with Crippen LogP contribution >= 0.6 is 0 Å². The van der Waals surface area contributed by atoms with Gasteiger partial charge in [-0.25, -0.2) is 4.39 Å². The van der Waals surface area contributed by atoms with E-state index in [2.05, 4.69) is 5.32 Å². The molecule has 0 saturated carbocycles. The Balaban J connectivity index is 2.57. The first-order valence-corrected chi connectivity index (χ1v) is 5.42. The summed E-state index contributed by atoms with van der Waals surface area (Å²) in [6, 6.07) is 2.69. The van der Waals surface area contributed by atoms with Gasteiger partial charge in [0.2, 0.25) is 5.60 Å². The molecule has 0 spiro atoms. The van der Waals surface area contributed by atoms with Crippen molar-refractivity contribution in [2.75, 3.05) is 18.5 Å². The van der Waals surface area contributed by atoms with Crippen LogP contribution < -0.4 is 10.2 Å². The zero-order valence-corrected chi connectivity index (χ0v) is 9.87. The van der Waals surface area contributed by atoms with Crippen LogP contribution in [0.4, 0.5) is 23.2 Å². The van der Waals surface area contributed by atoms with Crippen molar-refractivity contribution in [1.29, 1.82) is 0 Å². The Bertz CT molecular complexity index is 494. The lowest BCUT2D eigenvalue weighted by molar-refractivity contribution is -0.260. The lowest BCUT2D eigenvalue weighted by Crippen LogP contribution is -2.50. The van der Waals surface area contributed by atoms with E-state index in [4.69, 9.17) is 0 Å². The molecule has 1 aromatic rings. The number of benzene rings is 1. The molecule has 0 fully saturated rings. The Kier molecular flexibility index (Phi) is 3.20. The summed E-state index contributed by atoms with van der Waals surface area (Å²) in [5, 5.41) is 21.8. The van der Waals surface area contributed by atoms with Crippen molar-refractivity contribution >= 4 is 5.69 Å². The fourth-order valence-electron chi connectivity index (χ4n) is 2.12. The van der Waals surface area contributed by atoms with E-state index >= 15 is 0 Å². The molecule has 0 radical (unpaired) electrons. The highest BCUT2D eigenvalue weighted by molar-refractivity contribution is 5.62. The Morgan fingerprint density at radius 3 is 2.58 bits per heavy atom. The average molecular weight is 280 g/mol. The fraction of sp³-hybridized carbons (Fsp3) is 0.455. The number of β-amino-alcohol motifs (C(OH)–C–C–N with tert-alkyl or cyclic N) is 1. The van der Waals surface area contributed by atoms with Crippen molar-refractivity contribution in [3.63, 3.8) is 0 Å². The average Bonchev–Trinajstić information content (AvgIpc) is 2.62. The molecule has 0 aliphatic carbocycles. The van der Waals surface area contributed by atoms with Crippen molar-refractivity contribution in [3.05, 3.63) is 29.6 Å². The number of nitrogens with one attached hydrogen (secondary N) is 1. The Labute approximate surface area is 106 Å². The number of anilines is 1. The van der Waals surface area contributed by atoms with Crippen LogP contribution in [0.15, 0.2) is 18.2 Å². The maximum atomic E-state index is 13.1. The number of hydrogen-bond donors (Lipinski definition) is 3. The predicted octanol–water partition coefficient (Wildman–Crippen LogP) is 0.891. The number of nitrogens with zero attached hydrogens (tertiary/aromatic N) is 1. The van der Waals surface area contributed by atoms with Gasteiger partial charge < -0.3 is 15.1 Å². The molecule has 2 atom stereocenters. The van der Waals surface area contributed by atoms with Crippen LogP contribution in [0.1, 0.15) is 5.56 Å². The van der Waals surface area contributed by atoms with Crippen LogP contribution in [0.5, 0.6) is 0 Å². The SMILES string of the molecule is CNC(O)N1C[C@](O)(C(F)(F)F)c2cc(F)ccc21. The lowest BCUT2D eigenvalue weighted by Gasteiger charge is -2.29. The minimum absolute atomic E-state index is 0.0666. The van der Waals surface area contributed by atoms with E-state index in [1.165, 1.54) is 7.05 Å². The molecule has 0 aromatic heterocycles. The van der Waals surface area contributed by atoms with Crippen LogP contribution in [-0.4, -0.2) is 36.3 Å². The third-order valence-corrected chi connectivity index (χ3v) is 3.14. The zero-order valence-electron chi connectivity index (χ0n) is 9.87. The lowest BCUT2D eigenvalue weighted by atomic mass is 9.95. The van der Waals surface area contributed by atoms with Gasteiger partial charge >= 0.3 is 6.18 Å². The molecule has 1 unspecified atom stereocenters. The van der Waals surface area contributed by atoms with Crippen molar-refractivity contribution in [1.82, 2.24) is 5.32 Å². The molecule has 0 saturated heterocycles. The number of rotatable bonds is 2. The summed E-state index contributed by atoms with van der Waals surface area (Å²) in [7, 11) is 1.35. The predicted molar refractivity (Wildman–Crippen MR) is 58.8 cm³/mol. The van der Waals surface area contributed by atoms with Gasteiger partial charge in [-0.15, -0.1) is 0 Å². The number of alkyl halides is 3. The molecule has 4 nitrogen and oxygen atoms in total. The molecule has 1 aromatic carbocycles. The number of halogens is 4. The zero-order chi connectivity index (χ0) is 14.4. The van der Waals surface area contributed by atoms with Crippen molar-refractivity contribution in [2.45, 2.75) is 18.1 Å². The van der Waals surface area contributed by atoms with Crippen LogP contribution in [0.25, 0.3) is 0 Å². The van der Waals surface area contributed by atoms with Crippen LogP contribution in [0, 0.1) is 5.82 Å². The summed E-state index contributed by atoms with van der Waals surface area (Å²) < 4.78 is 52.1. The van der Waals surface area contributed by atoms with E-state index in [1.807, 2.05) is 0 Å². The molecular formula is C11H12F4N2O2. The number of aliphatic hydroxyl groups is 2. The fourth-order valence-corrected chi connectivity index (χ4v) is 2.12. The molecule has 106 valence electrons. The van der Waals surface area contributed by atoms with E-state index in [0.29, 0.717) is 6.07 Å². The molecule has 1 heterocycles. The van der Waals surface area contributed by atoms with Gasteiger partial charge in [0.1, 0.15) is 5.82 Å². The van der Waals surface area contributed by atoms with E-state index in [0.717, 1.165) is 17.0 Å². The third-order valence-electron chi connectivity index (χ3n) is 3.14. The molecule has 1 aliphatic rings. The van der Waals surface area contributed by atoms with E-state index < -0.39 is 36.1 Å². The van der Waals surface area contributed by atoms with E-state index in [1.54, 1.807) is 0 Å². The molecule has 3 N–H and O–H groups in total. The minimum Gasteiger partial charge on any atom is -0.375 e. The van der Waals surface area contributed by atoms with Crippen LogP contribution in [0.3, 0.4) is 0 Å². The maximum absolute atomic E-state index is 13.1. The summed E-state index contributed by atoms with van der Waals surface area (Å²) in [6.45, 7) is -0.905. The van der Waals surface area contributed by atoms with Gasteiger partial charge in [-0.2, -0.15) is 13.2 Å².